The zero-order chi connectivity index (χ0) is 17.4. The van der Waals surface area contributed by atoms with Gasteiger partial charge in [0.15, 0.2) is 0 Å². The summed E-state index contributed by atoms with van der Waals surface area (Å²) in [5.74, 6) is -0.829. The van der Waals surface area contributed by atoms with Gasteiger partial charge in [-0.1, -0.05) is 25.7 Å². The van der Waals surface area contributed by atoms with Crippen molar-refractivity contribution in [1.82, 2.24) is 9.96 Å². The molecule has 24 heavy (non-hydrogen) atoms. The number of imide groups is 2. The maximum absolute atomic E-state index is 11.4. The van der Waals surface area contributed by atoms with Gasteiger partial charge in [-0.25, -0.2) is 4.89 Å². The molecule has 0 aromatic rings. The van der Waals surface area contributed by atoms with E-state index in [9.17, 15) is 19.2 Å². The van der Waals surface area contributed by atoms with Gasteiger partial charge < -0.3 is 0 Å². The zero-order valence-electron chi connectivity index (χ0n) is 13.8. The first-order valence-corrected chi connectivity index (χ1v) is 8.58. The third kappa shape index (κ3) is 5.38. The van der Waals surface area contributed by atoms with E-state index in [4.69, 9.17) is 9.88 Å². The summed E-state index contributed by atoms with van der Waals surface area (Å²) in [6, 6.07) is 0. The lowest BCUT2D eigenvalue weighted by molar-refractivity contribution is -0.393. The van der Waals surface area contributed by atoms with Gasteiger partial charge in [0.1, 0.15) is 0 Å². The molecule has 0 aliphatic carbocycles. The first-order chi connectivity index (χ1) is 11.6. The van der Waals surface area contributed by atoms with Crippen molar-refractivity contribution < 1.29 is 29.1 Å². The van der Waals surface area contributed by atoms with Crippen molar-refractivity contribution >= 4 is 23.6 Å². The highest BCUT2D eigenvalue weighted by molar-refractivity contribution is 6.02. The molecule has 0 radical (unpaired) electrons. The molecular formula is C16H24N2O6. The fourth-order valence-electron chi connectivity index (χ4n) is 2.74. The molecule has 0 unspecified atom stereocenters. The van der Waals surface area contributed by atoms with Crippen LogP contribution in [-0.4, -0.2) is 46.7 Å². The van der Waals surface area contributed by atoms with Gasteiger partial charge in [-0.2, -0.15) is 0 Å². The van der Waals surface area contributed by atoms with Crippen molar-refractivity contribution in [1.29, 1.82) is 0 Å². The minimum Gasteiger partial charge on any atom is -0.283 e. The Labute approximate surface area is 140 Å². The number of carbonyl (C=O) groups excluding carboxylic acids is 4. The van der Waals surface area contributed by atoms with Crippen molar-refractivity contribution in [2.45, 2.75) is 64.2 Å². The molecule has 0 spiro atoms. The quantitative estimate of drug-likeness (QED) is 0.245. The maximum atomic E-state index is 11.4. The molecule has 2 heterocycles. The van der Waals surface area contributed by atoms with Crippen LogP contribution < -0.4 is 0 Å². The Kier molecular flexibility index (Phi) is 7.33. The Morgan fingerprint density at radius 3 is 1.79 bits per heavy atom. The molecule has 2 saturated heterocycles. The molecule has 0 bridgehead atoms. The molecule has 2 rings (SSSR count). The second kappa shape index (κ2) is 9.48. The van der Waals surface area contributed by atoms with E-state index in [1.807, 2.05) is 0 Å². The largest absolute Gasteiger partial charge is 0.283 e. The fourth-order valence-corrected chi connectivity index (χ4v) is 2.74. The third-order valence-corrected chi connectivity index (χ3v) is 4.15. The SMILES string of the molecule is O=C1CCC(=O)N1CCCCCCCCOON1C(=O)CCC1=O. The molecule has 0 aromatic heterocycles. The minimum absolute atomic E-state index is 0.0490. The van der Waals surface area contributed by atoms with Crippen LogP contribution in [0, 0.1) is 0 Å². The van der Waals surface area contributed by atoms with Gasteiger partial charge in [0, 0.05) is 32.2 Å². The van der Waals surface area contributed by atoms with E-state index in [1.54, 1.807) is 0 Å². The lowest BCUT2D eigenvalue weighted by atomic mass is 10.1. The summed E-state index contributed by atoms with van der Waals surface area (Å²) in [6.45, 7) is 0.861. The van der Waals surface area contributed by atoms with Crippen LogP contribution in [0.15, 0.2) is 0 Å². The van der Waals surface area contributed by atoms with Crippen LogP contribution >= 0.6 is 0 Å². The van der Waals surface area contributed by atoms with Crippen LogP contribution in [-0.2, 0) is 29.1 Å². The van der Waals surface area contributed by atoms with Crippen molar-refractivity contribution in [2.75, 3.05) is 13.2 Å². The summed E-state index contributed by atoms with van der Waals surface area (Å²) in [7, 11) is 0. The van der Waals surface area contributed by atoms with E-state index in [0.717, 1.165) is 38.5 Å². The molecule has 2 fully saturated rings. The van der Waals surface area contributed by atoms with Gasteiger partial charge in [-0.15, -0.1) is 10.1 Å². The summed E-state index contributed by atoms with van der Waals surface area (Å²) in [4.78, 5) is 56.3. The maximum Gasteiger partial charge on any atom is 0.256 e. The van der Waals surface area contributed by atoms with Gasteiger partial charge >= 0.3 is 0 Å². The second-order valence-electron chi connectivity index (χ2n) is 6.04. The molecular weight excluding hydrogens is 316 g/mol. The number of hydrogen-bond donors (Lipinski definition) is 0. The van der Waals surface area contributed by atoms with Crippen LogP contribution in [0.1, 0.15) is 64.2 Å². The second-order valence-corrected chi connectivity index (χ2v) is 6.04. The minimum atomic E-state index is -0.366. The van der Waals surface area contributed by atoms with Crippen LogP contribution in [0.4, 0.5) is 0 Å². The lowest BCUT2D eigenvalue weighted by Crippen LogP contribution is -2.29. The standard InChI is InChI=1S/C16H24N2O6/c19-13-7-8-14(20)17(13)11-5-3-1-2-4-6-12-23-24-18-15(21)9-10-16(18)22/h1-12H2. The topological polar surface area (TPSA) is 93.2 Å². The number of hydroxylamine groups is 2. The van der Waals surface area contributed by atoms with E-state index in [1.165, 1.54) is 4.90 Å². The predicted molar refractivity (Wildman–Crippen MR) is 81.8 cm³/mol. The number of carbonyl (C=O) groups is 4. The number of likely N-dealkylation sites (tertiary alicyclic amines) is 1. The first-order valence-electron chi connectivity index (χ1n) is 8.58. The summed E-state index contributed by atoms with van der Waals surface area (Å²) in [5, 5.41) is 0.681. The monoisotopic (exact) mass is 340 g/mol. The summed E-state index contributed by atoms with van der Waals surface area (Å²) >= 11 is 0. The average Bonchev–Trinajstić information content (AvgIpc) is 3.05. The molecule has 0 atom stereocenters. The van der Waals surface area contributed by atoms with Crippen molar-refractivity contribution in [2.24, 2.45) is 0 Å². The number of hydrogen-bond acceptors (Lipinski definition) is 6. The van der Waals surface area contributed by atoms with E-state index >= 15 is 0 Å². The Bertz CT molecular complexity index is 417. The highest BCUT2D eigenvalue weighted by Crippen LogP contribution is 2.14. The molecule has 134 valence electrons. The Morgan fingerprint density at radius 1 is 0.667 bits per heavy atom. The normalized spacial score (nSPS) is 18.3. The lowest BCUT2D eigenvalue weighted by Gasteiger charge is -2.13. The molecule has 8 heteroatoms. The number of rotatable bonds is 11. The number of unbranched alkanes of at least 4 members (excludes halogenated alkanes) is 5. The van der Waals surface area contributed by atoms with E-state index in [0.29, 0.717) is 31.1 Å². The summed E-state index contributed by atoms with van der Waals surface area (Å²) < 4.78 is 0. The smallest absolute Gasteiger partial charge is 0.256 e. The highest BCUT2D eigenvalue weighted by atomic mass is 17.3. The van der Waals surface area contributed by atoms with E-state index in [-0.39, 0.29) is 36.5 Å². The Hall–Kier alpha value is -1.80. The van der Waals surface area contributed by atoms with Crippen LogP contribution in [0.25, 0.3) is 0 Å². The van der Waals surface area contributed by atoms with Crippen molar-refractivity contribution in [3.05, 3.63) is 0 Å². The fraction of sp³-hybridized carbons (Fsp3) is 0.750. The predicted octanol–water partition coefficient (Wildman–Crippen LogP) is 1.49. The van der Waals surface area contributed by atoms with Gasteiger partial charge in [0.05, 0.1) is 6.61 Å². The van der Waals surface area contributed by atoms with Gasteiger partial charge in [0.25, 0.3) is 11.8 Å². The van der Waals surface area contributed by atoms with Gasteiger partial charge in [-0.3, -0.25) is 24.1 Å². The van der Waals surface area contributed by atoms with E-state index in [2.05, 4.69) is 0 Å². The molecule has 2 aliphatic heterocycles. The molecule has 4 amide bonds. The Balaban J connectivity index is 1.39. The molecule has 2 aliphatic rings. The van der Waals surface area contributed by atoms with Crippen LogP contribution in [0.2, 0.25) is 0 Å². The molecule has 0 aromatic carbocycles. The first kappa shape index (κ1) is 18.5. The molecule has 8 nitrogen and oxygen atoms in total. The van der Waals surface area contributed by atoms with Gasteiger partial charge in [0.2, 0.25) is 11.8 Å². The van der Waals surface area contributed by atoms with Crippen LogP contribution in [0.5, 0.6) is 0 Å². The summed E-state index contributed by atoms with van der Waals surface area (Å²) in [5.41, 5.74) is 0. The zero-order valence-corrected chi connectivity index (χ0v) is 13.8. The molecule has 0 N–H and O–H groups in total. The molecule has 0 saturated carbocycles. The highest BCUT2D eigenvalue weighted by Gasteiger charge is 2.31. The average molecular weight is 340 g/mol. The van der Waals surface area contributed by atoms with E-state index < -0.39 is 0 Å². The van der Waals surface area contributed by atoms with Crippen LogP contribution in [0.3, 0.4) is 0 Å². The number of amides is 4. The van der Waals surface area contributed by atoms with Gasteiger partial charge in [-0.05, 0) is 12.8 Å². The Morgan fingerprint density at radius 2 is 1.17 bits per heavy atom. The van der Waals surface area contributed by atoms with Crippen molar-refractivity contribution in [3.8, 4) is 0 Å². The number of nitrogens with zero attached hydrogens (tertiary/aromatic N) is 2. The van der Waals surface area contributed by atoms with Crippen molar-refractivity contribution in [3.63, 3.8) is 0 Å². The summed E-state index contributed by atoms with van der Waals surface area (Å²) in [6.07, 6.45) is 6.67. The third-order valence-electron chi connectivity index (χ3n) is 4.15.